The first kappa shape index (κ1) is 11.9. The molecule has 1 aromatic rings. The molecule has 2 rings (SSSR count). The van der Waals surface area contributed by atoms with Gasteiger partial charge in [0, 0.05) is 11.6 Å². The van der Waals surface area contributed by atoms with Crippen LogP contribution in [0.4, 0.5) is 4.39 Å². The van der Waals surface area contributed by atoms with E-state index in [2.05, 4.69) is 11.8 Å². The predicted molar refractivity (Wildman–Crippen MR) is 65.2 cm³/mol. The largest absolute Gasteiger partial charge is 0.493 e. The number of ether oxygens (including phenoxy) is 1. The van der Waals surface area contributed by atoms with Crippen molar-refractivity contribution < 1.29 is 9.13 Å². The summed E-state index contributed by atoms with van der Waals surface area (Å²) in [6.45, 7) is 0.946. The maximum atomic E-state index is 13.3. The van der Waals surface area contributed by atoms with Crippen molar-refractivity contribution in [1.82, 2.24) is 0 Å². The standard InChI is InChI=1S/C14H16FNO/c15-13-7-12(5-2-6-16)8-14(9-13)17-10-11-3-1-4-11/h7-9,11H,1,3-4,6,10,16H2. The molecule has 0 spiro atoms. The van der Waals surface area contributed by atoms with Gasteiger partial charge in [-0.05, 0) is 30.9 Å². The Morgan fingerprint density at radius 3 is 2.82 bits per heavy atom. The van der Waals surface area contributed by atoms with E-state index < -0.39 is 0 Å². The summed E-state index contributed by atoms with van der Waals surface area (Å²) in [5.74, 6) is 6.38. The van der Waals surface area contributed by atoms with Gasteiger partial charge < -0.3 is 10.5 Å². The van der Waals surface area contributed by atoms with Crippen molar-refractivity contribution in [1.29, 1.82) is 0 Å². The van der Waals surface area contributed by atoms with E-state index in [0.717, 1.165) is 0 Å². The molecule has 90 valence electrons. The molecule has 0 unspecified atom stereocenters. The zero-order chi connectivity index (χ0) is 12.1. The molecular weight excluding hydrogens is 217 g/mol. The summed E-state index contributed by atoms with van der Waals surface area (Å²) in [4.78, 5) is 0. The lowest BCUT2D eigenvalue weighted by molar-refractivity contribution is 0.180. The van der Waals surface area contributed by atoms with Crippen molar-refractivity contribution in [2.24, 2.45) is 11.7 Å². The third-order valence-electron chi connectivity index (χ3n) is 2.92. The minimum atomic E-state index is -0.322. The van der Waals surface area contributed by atoms with E-state index in [9.17, 15) is 4.39 Å². The first-order chi connectivity index (χ1) is 8.28. The summed E-state index contributed by atoms with van der Waals surface area (Å²) in [5.41, 5.74) is 5.89. The second kappa shape index (κ2) is 5.70. The van der Waals surface area contributed by atoms with Crippen molar-refractivity contribution in [3.05, 3.63) is 29.6 Å². The fourth-order valence-electron chi connectivity index (χ4n) is 1.74. The predicted octanol–water partition coefficient (Wildman–Crippen LogP) is 2.31. The van der Waals surface area contributed by atoms with Crippen LogP contribution in [0.15, 0.2) is 18.2 Å². The van der Waals surface area contributed by atoms with Crippen molar-refractivity contribution in [2.75, 3.05) is 13.2 Å². The Bertz CT molecular complexity index is 443. The topological polar surface area (TPSA) is 35.2 Å². The average Bonchev–Trinajstić information content (AvgIpc) is 2.23. The van der Waals surface area contributed by atoms with Crippen LogP contribution in [0, 0.1) is 23.6 Å². The van der Waals surface area contributed by atoms with Crippen molar-refractivity contribution in [3.63, 3.8) is 0 Å². The number of hydrogen-bond acceptors (Lipinski definition) is 2. The average molecular weight is 233 g/mol. The van der Waals surface area contributed by atoms with Crippen LogP contribution < -0.4 is 10.5 Å². The number of hydrogen-bond donors (Lipinski definition) is 1. The first-order valence-corrected chi connectivity index (χ1v) is 5.90. The Labute approximate surface area is 101 Å². The molecular formula is C14H16FNO. The second-order valence-corrected chi connectivity index (χ2v) is 4.29. The highest BCUT2D eigenvalue weighted by atomic mass is 19.1. The Hall–Kier alpha value is -1.53. The summed E-state index contributed by atoms with van der Waals surface area (Å²) in [6.07, 6.45) is 3.72. The molecule has 0 bridgehead atoms. The Kier molecular flexibility index (Phi) is 4.00. The molecule has 0 amide bonds. The fraction of sp³-hybridized carbons (Fsp3) is 0.429. The molecule has 2 N–H and O–H groups in total. The molecule has 0 heterocycles. The quantitative estimate of drug-likeness (QED) is 0.813. The summed E-state index contributed by atoms with van der Waals surface area (Å²) in [6, 6.07) is 4.54. The first-order valence-electron chi connectivity index (χ1n) is 5.90. The number of benzene rings is 1. The molecule has 17 heavy (non-hydrogen) atoms. The smallest absolute Gasteiger partial charge is 0.128 e. The van der Waals surface area contributed by atoms with E-state index in [-0.39, 0.29) is 12.4 Å². The minimum absolute atomic E-state index is 0.273. The van der Waals surface area contributed by atoms with Crippen LogP contribution in [-0.2, 0) is 0 Å². The molecule has 3 heteroatoms. The lowest BCUT2D eigenvalue weighted by atomic mass is 9.86. The van der Waals surface area contributed by atoms with E-state index >= 15 is 0 Å². The van der Waals surface area contributed by atoms with Gasteiger partial charge in [-0.25, -0.2) is 4.39 Å². The lowest BCUT2D eigenvalue weighted by Crippen LogP contribution is -2.19. The molecule has 0 saturated heterocycles. The maximum absolute atomic E-state index is 13.3. The number of rotatable bonds is 3. The van der Waals surface area contributed by atoms with Gasteiger partial charge in [-0.15, -0.1) is 0 Å². The van der Waals surface area contributed by atoms with Gasteiger partial charge in [-0.3, -0.25) is 0 Å². The maximum Gasteiger partial charge on any atom is 0.128 e. The Morgan fingerprint density at radius 1 is 1.35 bits per heavy atom. The van der Waals surface area contributed by atoms with Gasteiger partial charge in [-0.2, -0.15) is 0 Å². The lowest BCUT2D eigenvalue weighted by Gasteiger charge is -2.25. The van der Waals surface area contributed by atoms with Gasteiger partial charge in [0.15, 0.2) is 0 Å². The van der Waals surface area contributed by atoms with Crippen LogP contribution in [0.3, 0.4) is 0 Å². The van der Waals surface area contributed by atoms with Crippen LogP contribution in [0.2, 0.25) is 0 Å². The highest BCUT2D eigenvalue weighted by Crippen LogP contribution is 2.27. The zero-order valence-electron chi connectivity index (χ0n) is 9.71. The molecule has 1 aromatic carbocycles. The Balaban J connectivity index is 2.02. The molecule has 0 aromatic heterocycles. The van der Waals surface area contributed by atoms with E-state index in [4.69, 9.17) is 10.5 Å². The minimum Gasteiger partial charge on any atom is -0.493 e. The van der Waals surface area contributed by atoms with E-state index in [0.29, 0.717) is 23.8 Å². The molecule has 1 aliphatic rings. The van der Waals surface area contributed by atoms with Crippen molar-refractivity contribution in [2.45, 2.75) is 19.3 Å². The van der Waals surface area contributed by atoms with Crippen LogP contribution in [0.25, 0.3) is 0 Å². The van der Waals surface area contributed by atoms with E-state index in [1.54, 1.807) is 6.07 Å². The third-order valence-corrected chi connectivity index (χ3v) is 2.92. The molecule has 0 radical (unpaired) electrons. The van der Waals surface area contributed by atoms with Crippen LogP contribution in [0.5, 0.6) is 5.75 Å². The highest BCUT2D eigenvalue weighted by molar-refractivity contribution is 5.40. The summed E-state index contributed by atoms with van der Waals surface area (Å²) >= 11 is 0. The van der Waals surface area contributed by atoms with Crippen LogP contribution in [-0.4, -0.2) is 13.2 Å². The van der Waals surface area contributed by atoms with Crippen LogP contribution in [0.1, 0.15) is 24.8 Å². The molecule has 0 atom stereocenters. The van der Waals surface area contributed by atoms with Crippen LogP contribution >= 0.6 is 0 Å². The summed E-state index contributed by atoms with van der Waals surface area (Å²) < 4.78 is 18.9. The van der Waals surface area contributed by atoms with Gasteiger partial charge in [0.05, 0.1) is 13.2 Å². The van der Waals surface area contributed by atoms with E-state index in [1.807, 2.05) is 0 Å². The monoisotopic (exact) mass is 233 g/mol. The van der Waals surface area contributed by atoms with Gasteiger partial charge in [0.25, 0.3) is 0 Å². The second-order valence-electron chi connectivity index (χ2n) is 4.29. The van der Waals surface area contributed by atoms with Gasteiger partial charge in [0.1, 0.15) is 11.6 Å². The number of nitrogens with two attached hydrogens (primary N) is 1. The Morgan fingerprint density at radius 2 is 2.18 bits per heavy atom. The third kappa shape index (κ3) is 3.47. The van der Waals surface area contributed by atoms with Crippen molar-refractivity contribution in [3.8, 4) is 17.6 Å². The van der Waals surface area contributed by atoms with E-state index in [1.165, 1.54) is 31.4 Å². The molecule has 2 nitrogen and oxygen atoms in total. The molecule has 1 aliphatic carbocycles. The van der Waals surface area contributed by atoms with Gasteiger partial charge in [0.2, 0.25) is 0 Å². The normalized spacial score (nSPS) is 14.7. The number of halogens is 1. The SMILES string of the molecule is NCC#Cc1cc(F)cc(OCC2CCC2)c1. The molecule has 0 aliphatic heterocycles. The summed E-state index contributed by atoms with van der Waals surface area (Å²) in [7, 11) is 0. The van der Waals surface area contributed by atoms with Crippen molar-refractivity contribution >= 4 is 0 Å². The summed E-state index contributed by atoms with van der Waals surface area (Å²) in [5, 5.41) is 0. The molecule has 1 saturated carbocycles. The van der Waals surface area contributed by atoms with Gasteiger partial charge >= 0.3 is 0 Å². The highest BCUT2D eigenvalue weighted by Gasteiger charge is 2.17. The fourth-order valence-corrected chi connectivity index (χ4v) is 1.74. The molecule has 1 fully saturated rings. The van der Waals surface area contributed by atoms with Gasteiger partial charge in [-0.1, -0.05) is 18.3 Å². The zero-order valence-corrected chi connectivity index (χ0v) is 9.71.